The van der Waals surface area contributed by atoms with Crippen LogP contribution in [0.3, 0.4) is 0 Å². The summed E-state index contributed by atoms with van der Waals surface area (Å²) in [6.45, 7) is -0.706. The van der Waals surface area contributed by atoms with E-state index in [4.69, 9.17) is 5.11 Å². The fraction of sp³-hybridized carbons (Fsp3) is 0.200. The average Bonchev–Trinajstić information content (AvgIpc) is 3.12. The molecular weight excluding hydrogens is 394 g/mol. The average molecular weight is 405 g/mol. The Morgan fingerprint density at radius 3 is 2.54 bits per heavy atom. The number of nitrogens with zero attached hydrogens (tertiary/aromatic N) is 1. The monoisotopic (exact) mass is 405 g/mol. The number of carbonyl (C=O) groups is 1. The first kappa shape index (κ1) is 18.5. The standard InChI is InChI=1S/C15H11F4N3O2S2/c16-7-1-3-8(4-2-7)21-12(24)9-5-10-13(25-9)22-14(26-10)20-6-11(23)15(17,18)19/h1-5,11,23H,6H2,(H,20,22)(H,21,24). The van der Waals surface area contributed by atoms with E-state index in [2.05, 4.69) is 15.6 Å². The number of rotatable bonds is 5. The van der Waals surface area contributed by atoms with Gasteiger partial charge >= 0.3 is 6.18 Å². The minimum Gasteiger partial charge on any atom is -0.382 e. The van der Waals surface area contributed by atoms with Crippen LogP contribution in [0, 0.1) is 5.82 Å². The topological polar surface area (TPSA) is 74.2 Å². The van der Waals surface area contributed by atoms with Crippen molar-refractivity contribution in [2.75, 3.05) is 17.2 Å². The number of alkyl halides is 3. The zero-order valence-electron chi connectivity index (χ0n) is 12.8. The molecule has 2 heterocycles. The second kappa shape index (κ2) is 7.17. The number of aliphatic hydroxyl groups is 1. The van der Waals surface area contributed by atoms with Crippen LogP contribution in [-0.4, -0.2) is 34.8 Å². The lowest BCUT2D eigenvalue weighted by atomic mass is 10.3. The summed E-state index contributed by atoms with van der Waals surface area (Å²) in [5.41, 5.74) is 0.435. The Kier molecular flexibility index (Phi) is 5.12. The van der Waals surface area contributed by atoms with Crippen molar-refractivity contribution in [2.24, 2.45) is 0 Å². The first-order chi connectivity index (χ1) is 12.2. The molecule has 138 valence electrons. The maximum absolute atomic E-state index is 12.9. The molecule has 0 spiro atoms. The zero-order chi connectivity index (χ0) is 18.9. The van der Waals surface area contributed by atoms with Crippen molar-refractivity contribution < 1.29 is 27.5 Å². The van der Waals surface area contributed by atoms with Gasteiger partial charge in [0, 0.05) is 5.69 Å². The number of aromatic nitrogens is 1. The van der Waals surface area contributed by atoms with E-state index < -0.39 is 30.5 Å². The van der Waals surface area contributed by atoms with E-state index in [0.717, 1.165) is 22.7 Å². The molecular formula is C15H11F4N3O2S2. The number of amides is 1. The van der Waals surface area contributed by atoms with Gasteiger partial charge in [-0.05, 0) is 30.3 Å². The van der Waals surface area contributed by atoms with Crippen LogP contribution in [0.15, 0.2) is 30.3 Å². The number of benzene rings is 1. The van der Waals surface area contributed by atoms with Crippen molar-refractivity contribution in [2.45, 2.75) is 12.3 Å². The number of halogens is 4. The Bertz CT molecular complexity index is 890. The second-order valence-electron chi connectivity index (χ2n) is 5.20. The summed E-state index contributed by atoms with van der Waals surface area (Å²) in [5.74, 6) is -0.812. The van der Waals surface area contributed by atoms with Crippen LogP contribution in [0.25, 0.3) is 9.53 Å². The highest BCUT2D eigenvalue weighted by atomic mass is 32.1. The molecule has 0 radical (unpaired) electrons. The van der Waals surface area contributed by atoms with Gasteiger partial charge in [0.05, 0.1) is 16.1 Å². The lowest BCUT2D eigenvalue weighted by Gasteiger charge is -2.14. The summed E-state index contributed by atoms with van der Waals surface area (Å²) < 4.78 is 50.3. The molecule has 26 heavy (non-hydrogen) atoms. The van der Waals surface area contributed by atoms with E-state index in [1.807, 2.05) is 0 Å². The number of thiophene rings is 1. The van der Waals surface area contributed by atoms with Crippen molar-refractivity contribution in [3.63, 3.8) is 0 Å². The Hall–Kier alpha value is -2.24. The molecule has 1 atom stereocenters. The third-order valence-electron chi connectivity index (χ3n) is 3.24. The molecule has 1 aromatic carbocycles. The Morgan fingerprint density at radius 1 is 1.23 bits per heavy atom. The minimum absolute atomic E-state index is 0.222. The SMILES string of the molecule is O=C(Nc1ccc(F)cc1)c1cc2sc(NCC(O)C(F)(F)F)nc2s1. The van der Waals surface area contributed by atoms with Crippen molar-refractivity contribution in [1.29, 1.82) is 0 Å². The van der Waals surface area contributed by atoms with Gasteiger partial charge in [-0.25, -0.2) is 9.37 Å². The van der Waals surface area contributed by atoms with Crippen molar-refractivity contribution in [3.8, 4) is 0 Å². The lowest BCUT2D eigenvalue weighted by Crippen LogP contribution is -2.34. The molecule has 0 aliphatic heterocycles. The summed E-state index contributed by atoms with van der Waals surface area (Å²) in [7, 11) is 0. The van der Waals surface area contributed by atoms with Gasteiger partial charge in [-0.15, -0.1) is 11.3 Å². The molecule has 0 fully saturated rings. The Labute approximate surface area is 152 Å². The summed E-state index contributed by atoms with van der Waals surface area (Å²) in [6.07, 6.45) is -7.19. The van der Waals surface area contributed by atoms with Gasteiger partial charge in [0.1, 0.15) is 10.6 Å². The molecule has 0 saturated heterocycles. The van der Waals surface area contributed by atoms with Gasteiger partial charge < -0.3 is 15.7 Å². The maximum atomic E-state index is 12.9. The van der Waals surface area contributed by atoms with E-state index in [9.17, 15) is 22.4 Å². The first-order valence-electron chi connectivity index (χ1n) is 7.18. The molecule has 0 aliphatic carbocycles. The highest BCUT2D eigenvalue weighted by Gasteiger charge is 2.38. The predicted molar refractivity (Wildman–Crippen MR) is 92.4 cm³/mol. The third-order valence-corrected chi connectivity index (χ3v) is 5.36. The normalized spacial score (nSPS) is 13.0. The number of nitrogens with one attached hydrogen (secondary N) is 2. The second-order valence-corrected chi connectivity index (χ2v) is 7.26. The number of hydrogen-bond acceptors (Lipinski definition) is 6. The summed E-state index contributed by atoms with van der Waals surface area (Å²) >= 11 is 2.15. The summed E-state index contributed by atoms with van der Waals surface area (Å²) in [5, 5.41) is 14.2. The van der Waals surface area contributed by atoms with Gasteiger partial charge in [0.25, 0.3) is 5.91 Å². The van der Waals surface area contributed by atoms with Gasteiger partial charge in [0.15, 0.2) is 11.2 Å². The molecule has 11 heteroatoms. The minimum atomic E-state index is -4.70. The quantitative estimate of drug-likeness (QED) is 0.559. The van der Waals surface area contributed by atoms with E-state index in [-0.39, 0.29) is 5.13 Å². The van der Waals surface area contributed by atoms with E-state index in [0.29, 0.717) is 20.1 Å². The molecule has 1 unspecified atom stereocenters. The van der Waals surface area contributed by atoms with Crippen molar-refractivity contribution >= 4 is 48.9 Å². The highest BCUT2D eigenvalue weighted by molar-refractivity contribution is 7.29. The van der Waals surface area contributed by atoms with Crippen LogP contribution in [0.2, 0.25) is 0 Å². The molecule has 3 rings (SSSR count). The smallest absolute Gasteiger partial charge is 0.382 e. The number of hydrogen-bond donors (Lipinski definition) is 3. The largest absolute Gasteiger partial charge is 0.416 e. The van der Waals surface area contributed by atoms with Crippen LogP contribution < -0.4 is 10.6 Å². The molecule has 1 amide bonds. The molecule has 3 aromatic rings. The molecule has 5 nitrogen and oxygen atoms in total. The van der Waals surface area contributed by atoms with Gasteiger partial charge in [0.2, 0.25) is 0 Å². The molecule has 3 N–H and O–H groups in total. The molecule has 0 saturated carbocycles. The Balaban J connectivity index is 1.66. The zero-order valence-corrected chi connectivity index (χ0v) is 14.4. The maximum Gasteiger partial charge on any atom is 0.416 e. The van der Waals surface area contributed by atoms with Crippen LogP contribution in [0.4, 0.5) is 28.4 Å². The van der Waals surface area contributed by atoms with Crippen molar-refractivity contribution in [3.05, 3.63) is 41.0 Å². The first-order valence-corrected chi connectivity index (χ1v) is 8.81. The van der Waals surface area contributed by atoms with Crippen LogP contribution in [-0.2, 0) is 0 Å². The number of aliphatic hydroxyl groups excluding tert-OH is 1. The lowest BCUT2D eigenvalue weighted by molar-refractivity contribution is -0.198. The van der Waals surface area contributed by atoms with Crippen LogP contribution in [0.1, 0.15) is 9.67 Å². The van der Waals surface area contributed by atoms with E-state index >= 15 is 0 Å². The number of anilines is 2. The van der Waals surface area contributed by atoms with Crippen LogP contribution >= 0.6 is 22.7 Å². The van der Waals surface area contributed by atoms with Gasteiger partial charge in [-0.2, -0.15) is 13.2 Å². The number of fused-ring (bicyclic) bond motifs is 1. The summed E-state index contributed by atoms with van der Waals surface area (Å²) in [4.78, 5) is 17.1. The van der Waals surface area contributed by atoms with E-state index in [1.165, 1.54) is 24.3 Å². The number of carbonyl (C=O) groups excluding carboxylic acids is 1. The third kappa shape index (κ3) is 4.29. The number of thiazole rings is 1. The molecule has 2 aromatic heterocycles. The van der Waals surface area contributed by atoms with Crippen molar-refractivity contribution in [1.82, 2.24) is 4.98 Å². The van der Waals surface area contributed by atoms with Crippen LogP contribution in [0.5, 0.6) is 0 Å². The predicted octanol–water partition coefficient (Wildman–Crippen LogP) is 4.08. The fourth-order valence-electron chi connectivity index (χ4n) is 1.95. The van der Waals surface area contributed by atoms with Gasteiger partial charge in [-0.1, -0.05) is 11.3 Å². The fourth-order valence-corrected chi connectivity index (χ4v) is 3.97. The molecule has 0 aliphatic rings. The highest BCUT2D eigenvalue weighted by Crippen LogP contribution is 2.33. The van der Waals surface area contributed by atoms with Gasteiger partial charge in [-0.3, -0.25) is 4.79 Å². The van der Waals surface area contributed by atoms with E-state index in [1.54, 1.807) is 6.07 Å². The summed E-state index contributed by atoms with van der Waals surface area (Å²) in [6, 6.07) is 6.86. The Morgan fingerprint density at radius 2 is 1.92 bits per heavy atom. The molecule has 0 bridgehead atoms.